The Labute approximate surface area is 110 Å². The Bertz CT molecular complexity index is 486. The third kappa shape index (κ3) is 2.92. The van der Waals surface area contributed by atoms with Crippen LogP contribution >= 0.6 is 0 Å². The first kappa shape index (κ1) is 13.5. The summed E-state index contributed by atoms with van der Waals surface area (Å²) in [6.07, 6.45) is 1.62. The fraction of sp³-hybridized carbons (Fsp3) is 0.429. The SMILES string of the molecule is CC1CCC(c2ccc(F)cc2)N(C(=O)C(=O)O)C1. The standard InChI is InChI=1S/C14H16FNO3/c1-9-2-7-12(10-3-5-11(15)6-4-10)16(8-9)13(17)14(18)19/h3-6,9,12H,2,7-8H2,1H3,(H,18,19). The van der Waals surface area contributed by atoms with Crippen molar-refractivity contribution in [3.05, 3.63) is 35.6 Å². The maximum absolute atomic E-state index is 12.9. The van der Waals surface area contributed by atoms with Crippen LogP contribution in [0, 0.1) is 11.7 Å². The van der Waals surface area contributed by atoms with Gasteiger partial charge in [0.2, 0.25) is 0 Å². The van der Waals surface area contributed by atoms with Crippen molar-refractivity contribution in [3.8, 4) is 0 Å². The van der Waals surface area contributed by atoms with Crippen LogP contribution < -0.4 is 0 Å². The van der Waals surface area contributed by atoms with E-state index in [4.69, 9.17) is 5.11 Å². The normalized spacial score (nSPS) is 23.2. The number of piperidine rings is 1. The highest BCUT2D eigenvalue weighted by molar-refractivity contribution is 6.31. The number of amides is 1. The van der Waals surface area contributed by atoms with Crippen molar-refractivity contribution in [1.29, 1.82) is 0 Å². The minimum absolute atomic E-state index is 0.277. The van der Waals surface area contributed by atoms with E-state index in [0.717, 1.165) is 12.0 Å². The van der Waals surface area contributed by atoms with Crippen molar-refractivity contribution in [3.63, 3.8) is 0 Å². The molecule has 2 atom stereocenters. The molecule has 19 heavy (non-hydrogen) atoms. The molecule has 5 heteroatoms. The van der Waals surface area contributed by atoms with Gasteiger partial charge in [-0.25, -0.2) is 9.18 Å². The molecule has 1 saturated heterocycles. The summed E-state index contributed by atoms with van der Waals surface area (Å²) in [7, 11) is 0. The molecule has 0 saturated carbocycles. The molecule has 2 unspecified atom stereocenters. The average molecular weight is 265 g/mol. The Morgan fingerprint density at radius 1 is 1.26 bits per heavy atom. The molecule has 1 amide bonds. The number of halogens is 1. The van der Waals surface area contributed by atoms with Crippen LogP contribution in [0.5, 0.6) is 0 Å². The van der Waals surface area contributed by atoms with Gasteiger partial charge in [-0.05, 0) is 36.5 Å². The van der Waals surface area contributed by atoms with Crippen LogP contribution in [0.1, 0.15) is 31.4 Å². The molecular formula is C14H16FNO3. The maximum atomic E-state index is 12.9. The zero-order valence-electron chi connectivity index (χ0n) is 10.7. The minimum atomic E-state index is -1.44. The van der Waals surface area contributed by atoms with Crippen LogP contribution in [-0.4, -0.2) is 28.4 Å². The lowest BCUT2D eigenvalue weighted by Crippen LogP contribution is -2.44. The fourth-order valence-electron chi connectivity index (χ4n) is 2.53. The van der Waals surface area contributed by atoms with Gasteiger partial charge in [0.1, 0.15) is 5.82 Å². The molecule has 4 nitrogen and oxygen atoms in total. The average Bonchev–Trinajstić information content (AvgIpc) is 2.39. The fourth-order valence-corrected chi connectivity index (χ4v) is 2.53. The molecular weight excluding hydrogens is 249 g/mol. The Morgan fingerprint density at radius 3 is 2.47 bits per heavy atom. The largest absolute Gasteiger partial charge is 0.474 e. The summed E-state index contributed by atoms with van der Waals surface area (Å²) in [4.78, 5) is 24.0. The molecule has 1 aliphatic heterocycles. The zero-order chi connectivity index (χ0) is 14.0. The molecule has 1 heterocycles. The third-order valence-corrected chi connectivity index (χ3v) is 3.52. The minimum Gasteiger partial charge on any atom is -0.474 e. The number of carboxylic acids is 1. The second kappa shape index (κ2) is 5.38. The molecule has 102 valence electrons. The first-order chi connectivity index (χ1) is 8.99. The quantitative estimate of drug-likeness (QED) is 0.792. The van der Waals surface area contributed by atoms with E-state index in [9.17, 15) is 14.0 Å². The Morgan fingerprint density at radius 2 is 1.89 bits per heavy atom. The zero-order valence-corrected chi connectivity index (χ0v) is 10.7. The van der Waals surface area contributed by atoms with Crippen LogP contribution in [0.25, 0.3) is 0 Å². The molecule has 2 rings (SSSR count). The number of carbonyl (C=O) groups is 2. The summed E-state index contributed by atoms with van der Waals surface area (Å²) >= 11 is 0. The van der Waals surface area contributed by atoms with E-state index in [-0.39, 0.29) is 17.8 Å². The smallest absolute Gasteiger partial charge is 0.394 e. The lowest BCUT2D eigenvalue weighted by Gasteiger charge is -2.38. The topological polar surface area (TPSA) is 57.6 Å². The van der Waals surface area contributed by atoms with Gasteiger partial charge in [-0.1, -0.05) is 19.1 Å². The van der Waals surface area contributed by atoms with Crippen LogP contribution in [0.15, 0.2) is 24.3 Å². The number of aliphatic carboxylic acids is 1. The molecule has 1 N–H and O–H groups in total. The summed E-state index contributed by atoms with van der Waals surface area (Å²) < 4.78 is 12.9. The second-order valence-corrected chi connectivity index (χ2v) is 5.01. The van der Waals surface area contributed by atoms with Gasteiger partial charge < -0.3 is 10.0 Å². The Kier molecular flexibility index (Phi) is 3.83. The molecule has 0 aliphatic carbocycles. The molecule has 1 aromatic rings. The van der Waals surface area contributed by atoms with Gasteiger partial charge >= 0.3 is 11.9 Å². The Hall–Kier alpha value is -1.91. The van der Waals surface area contributed by atoms with E-state index in [2.05, 4.69) is 0 Å². The Balaban J connectivity index is 2.27. The van der Waals surface area contributed by atoms with Crippen LogP contribution in [0.3, 0.4) is 0 Å². The summed E-state index contributed by atoms with van der Waals surface area (Å²) in [5.41, 5.74) is 0.780. The van der Waals surface area contributed by atoms with E-state index in [1.54, 1.807) is 12.1 Å². The van der Waals surface area contributed by atoms with Gasteiger partial charge in [0, 0.05) is 6.54 Å². The first-order valence-corrected chi connectivity index (χ1v) is 6.28. The lowest BCUT2D eigenvalue weighted by molar-refractivity contribution is -0.158. The highest BCUT2D eigenvalue weighted by Gasteiger charge is 2.33. The van der Waals surface area contributed by atoms with Crippen molar-refractivity contribution in [2.75, 3.05) is 6.54 Å². The van der Waals surface area contributed by atoms with Crippen LogP contribution in [-0.2, 0) is 9.59 Å². The second-order valence-electron chi connectivity index (χ2n) is 5.01. The van der Waals surface area contributed by atoms with Gasteiger partial charge in [0.25, 0.3) is 0 Å². The number of rotatable bonds is 1. The molecule has 0 bridgehead atoms. The first-order valence-electron chi connectivity index (χ1n) is 6.28. The molecule has 0 aromatic heterocycles. The number of hydrogen-bond donors (Lipinski definition) is 1. The van der Waals surface area contributed by atoms with Gasteiger partial charge in [0.05, 0.1) is 6.04 Å². The predicted octanol–water partition coefficient (Wildman–Crippen LogP) is 2.21. The summed E-state index contributed by atoms with van der Waals surface area (Å²) in [6.45, 7) is 2.41. The van der Waals surface area contributed by atoms with Gasteiger partial charge in [-0.3, -0.25) is 4.79 Å². The monoisotopic (exact) mass is 265 g/mol. The van der Waals surface area contributed by atoms with Gasteiger partial charge in [-0.15, -0.1) is 0 Å². The van der Waals surface area contributed by atoms with E-state index < -0.39 is 11.9 Å². The summed E-state index contributed by atoms with van der Waals surface area (Å²) in [5.74, 6) is -2.40. The van der Waals surface area contributed by atoms with E-state index in [1.807, 2.05) is 6.92 Å². The van der Waals surface area contributed by atoms with Crippen molar-refractivity contribution in [1.82, 2.24) is 4.90 Å². The van der Waals surface area contributed by atoms with Crippen LogP contribution in [0.2, 0.25) is 0 Å². The number of carboxylic acid groups (broad SMARTS) is 1. The van der Waals surface area contributed by atoms with Crippen LogP contribution in [0.4, 0.5) is 4.39 Å². The summed E-state index contributed by atoms with van der Waals surface area (Å²) in [5, 5.41) is 8.88. The third-order valence-electron chi connectivity index (χ3n) is 3.52. The number of nitrogens with zero attached hydrogens (tertiary/aromatic N) is 1. The molecule has 1 fully saturated rings. The maximum Gasteiger partial charge on any atom is 0.394 e. The number of benzene rings is 1. The van der Waals surface area contributed by atoms with E-state index in [1.165, 1.54) is 17.0 Å². The van der Waals surface area contributed by atoms with Crippen molar-refractivity contribution in [2.24, 2.45) is 5.92 Å². The number of likely N-dealkylation sites (tertiary alicyclic amines) is 1. The molecule has 1 aliphatic rings. The highest BCUT2D eigenvalue weighted by Crippen LogP contribution is 2.33. The van der Waals surface area contributed by atoms with Crippen molar-refractivity contribution >= 4 is 11.9 Å². The van der Waals surface area contributed by atoms with Gasteiger partial charge in [0.15, 0.2) is 0 Å². The molecule has 0 radical (unpaired) electrons. The highest BCUT2D eigenvalue weighted by atomic mass is 19.1. The van der Waals surface area contributed by atoms with E-state index in [0.29, 0.717) is 13.0 Å². The van der Waals surface area contributed by atoms with Crippen molar-refractivity contribution < 1.29 is 19.1 Å². The van der Waals surface area contributed by atoms with Gasteiger partial charge in [-0.2, -0.15) is 0 Å². The van der Waals surface area contributed by atoms with Crippen molar-refractivity contribution in [2.45, 2.75) is 25.8 Å². The summed E-state index contributed by atoms with van der Waals surface area (Å²) in [6, 6.07) is 5.60. The number of hydrogen-bond acceptors (Lipinski definition) is 2. The molecule has 0 spiro atoms. The molecule has 1 aromatic carbocycles. The number of carbonyl (C=O) groups excluding carboxylic acids is 1. The van der Waals surface area contributed by atoms with E-state index >= 15 is 0 Å². The lowest BCUT2D eigenvalue weighted by atomic mass is 9.90. The predicted molar refractivity (Wildman–Crippen MR) is 66.9 cm³/mol.